The summed E-state index contributed by atoms with van der Waals surface area (Å²) in [6, 6.07) is 6.83. The Bertz CT molecular complexity index is 618. The fourth-order valence-electron chi connectivity index (χ4n) is 2.82. The lowest BCUT2D eigenvalue weighted by atomic mass is 9.94. The molecular weight excluding hydrogens is 321 g/mol. The van der Waals surface area contributed by atoms with Crippen LogP contribution in [0.2, 0.25) is 0 Å². The summed E-state index contributed by atoms with van der Waals surface area (Å²) in [5.74, 6) is 0.227. The van der Waals surface area contributed by atoms with Gasteiger partial charge in [-0.05, 0) is 54.0 Å². The molecule has 3 rings (SSSR count). The van der Waals surface area contributed by atoms with Gasteiger partial charge >= 0.3 is 0 Å². The van der Waals surface area contributed by atoms with Gasteiger partial charge in [-0.25, -0.2) is 4.39 Å². The molecule has 1 aliphatic rings. The van der Waals surface area contributed by atoms with Crippen LogP contribution in [0, 0.1) is 5.82 Å². The highest BCUT2D eigenvalue weighted by Gasteiger charge is 2.25. The zero-order valence-corrected chi connectivity index (χ0v) is 13.0. The molecule has 1 aliphatic heterocycles. The van der Waals surface area contributed by atoms with Crippen LogP contribution in [-0.2, 0) is 7.05 Å². The van der Waals surface area contributed by atoms with Gasteiger partial charge in [-0.15, -0.1) is 0 Å². The van der Waals surface area contributed by atoms with Gasteiger partial charge in [0.2, 0.25) is 0 Å². The van der Waals surface area contributed by atoms with Crippen LogP contribution in [0.15, 0.2) is 28.7 Å². The van der Waals surface area contributed by atoms with Crippen LogP contribution >= 0.6 is 15.9 Å². The van der Waals surface area contributed by atoms with Gasteiger partial charge in [0, 0.05) is 18.5 Å². The summed E-state index contributed by atoms with van der Waals surface area (Å²) in [7, 11) is 1.87. The first-order valence-electron chi connectivity index (χ1n) is 6.86. The monoisotopic (exact) mass is 337 g/mol. The SMILES string of the molecule is Cn1nc(C2CCNCC2)c(Br)c1-c1ccccc1F. The van der Waals surface area contributed by atoms with Gasteiger partial charge in [0.1, 0.15) is 5.82 Å². The van der Waals surface area contributed by atoms with Crippen molar-refractivity contribution < 1.29 is 4.39 Å². The minimum atomic E-state index is -0.215. The zero-order chi connectivity index (χ0) is 14.1. The van der Waals surface area contributed by atoms with E-state index in [0.717, 1.165) is 41.8 Å². The Morgan fingerprint density at radius 1 is 1.30 bits per heavy atom. The number of hydrogen-bond acceptors (Lipinski definition) is 2. The summed E-state index contributed by atoms with van der Waals surface area (Å²) in [6.45, 7) is 2.03. The predicted molar refractivity (Wildman–Crippen MR) is 81.1 cm³/mol. The van der Waals surface area contributed by atoms with E-state index in [2.05, 4.69) is 26.3 Å². The largest absolute Gasteiger partial charge is 0.317 e. The second-order valence-electron chi connectivity index (χ2n) is 5.18. The lowest BCUT2D eigenvalue weighted by molar-refractivity contribution is 0.449. The lowest BCUT2D eigenvalue weighted by Crippen LogP contribution is -2.27. The number of benzene rings is 1. The third kappa shape index (κ3) is 2.40. The first kappa shape index (κ1) is 13.8. The Morgan fingerprint density at radius 3 is 2.70 bits per heavy atom. The molecule has 5 heteroatoms. The van der Waals surface area contributed by atoms with Crippen LogP contribution in [0.25, 0.3) is 11.3 Å². The molecule has 2 aromatic rings. The Balaban J connectivity index is 2.05. The molecule has 0 bridgehead atoms. The van der Waals surface area contributed by atoms with Crippen molar-refractivity contribution >= 4 is 15.9 Å². The van der Waals surface area contributed by atoms with E-state index in [1.165, 1.54) is 6.07 Å². The maximum atomic E-state index is 14.0. The molecule has 0 saturated carbocycles. The summed E-state index contributed by atoms with van der Waals surface area (Å²) >= 11 is 3.64. The van der Waals surface area contributed by atoms with E-state index in [9.17, 15) is 4.39 Å². The van der Waals surface area contributed by atoms with Gasteiger partial charge < -0.3 is 5.32 Å². The highest BCUT2D eigenvalue weighted by molar-refractivity contribution is 9.10. The molecule has 3 nitrogen and oxygen atoms in total. The van der Waals surface area contributed by atoms with Crippen molar-refractivity contribution in [3.8, 4) is 11.3 Å². The quantitative estimate of drug-likeness (QED) is 0.909. The van der Waals surface area contributed by atoms with Crippen molar-refractivity contribution in [1.82, 2.24) is 15.1 Å². The van der Waals surface area contributed by atoms with Crippen LogP contribution < -0.4 is 5.32 Å². The van der Waals surface area contributed by atoms with Crippen LogP contribution in [0.4, 0.5) is 4.39 Å². The Morgan fingerprint density at radius 2 is 2.00 bits per heavy atom. The van der Waals surface area contributed by atoms with Gasteiger partial charge in [0.05, 0.1) is 15.9 Å². The number of aryl methyl sites for hydroxylation is 1. The molecule has 1 fully saturated rings. The molecule has 1 aromatic carbocycles. The summed E-state index contributed by atoms with van der Waals surface area (Å²) in [6.07, 6.45) is 2.15. The van der Waals surface area contributed by atoms with Crippen molar-refractivity contribution in [3.63, 3.8) is 0 Å². The zero-order valence-electron chi connectivity index (χ0n) is 11.4. The van der Waals surface area contributed by atoms with Gasteiger partial charge in [-0.1, -0.05) is 12.1 Å². The van der Waals surface area contributed by atoms with Crippen LogP contribution in [0.1, 0.15) is 24.5 Å². The van der Waals surface area contributed by atoms with Crippen molar-refractivity contribution in [3.05, 3.63) is 40.2 Å². The first-order valence-corrected chi connectivity index (χ1v) is 7.66. The van der Waals surface area contributed by atoms with E-state index < -0.39 is 0 Å². The average molecular weight is 338 g/mol. The van der Waals surface area contributed by atoms with Gasteiger partial charge in [0.25, 0.3) is 0 Å². The second-order valence-corrected chi connectivity index (χ2v) is 5.97. The fraction of sp³-hybridized carbons (Fsp3) is 0.400. The lowest BCUT2D eigenvalue weighted by Gasteiger charge is -2.21. The third-order valence-corrected chi connectivity index (χ3v) is 4.65. The number of nitrogens with zero attached hydrogens (tertiary/aromatic N) is 2. The van der Waals surface area contributed by atoms with E-state index in [4.69, 9.17) is 0 Å². The molecule has 0 atom stereocenters. The number of halogens is 2. The number of piperidine rings is 1. The maximum Gasteiger partial charge on any atom is 0.132 e. The summed E-state index contributed by atoms with van der Waals surface area (Å²) < 4.78 is 16.7. The molecule has 106 valence electrons. The number of aromatic nitrogens is 2. The Hall–Kier alpha value is -1.20. The Kier molecular flexibility index (Phi) is 3.89. The molecule has 0 unspecified atom stereocenters. The van der Waals surface area contributed by atoms with Gasteiger partial charge in [-0.2, -0.15) is 5.10 Å². The smallest absolute Gasteiger partial charge is 0.132 e. The van der Waals surface area contributed by atoms with Gasteiger partial charge in [0.15, 0.2) is 0 Å². The normalized spacial score (nSPS) is 16.6. The topological polar surface area (TPSA) is 29.9 Å². The van der Waals surface area contributed by atoms with Crippen LogP contribution in [-0.4, -0.2) is 22.9 Å². The molecule has 0 radical (unpaired) electrons. The predicted octanol–water partition coefficient (Wildman–Crippen LogP) is 3.46. The summed E-state index contributed by atoms with van der Waals surface area (Å²) in [5, 5.41) is 7.98. The van der Waals surface area contributed by atoms with Crippen molar-refractivity contribution in [2.45, 2.75) is 18.8 Å². The van der Waals surface area contributed by atoms with Crippen molar-refractivity contribution in [2.75, 3.05) is 13.1 Å². The van der Waals surface area contributed by atoms with Crippen LogP contribution in [0.5, 0.6) is 0 Å². The van der Waals surface area contributed by atoms with Crippen LogP contribution in [0.3, 0.4) is 0 Å². The molecule has 1 saturated heterocycles. The Labute approximate surface area is 126 Å². The maximum absolute atomic E-state index is 14.0. The molecule has 0 amide bonds. The highest BCUT2D eigenvalue weighted by Crippen LogP contribution is 2.37. The van der Waals surface area contributed by atoms with E-state index in [0.29, 0.717) is 11.5 Å². The number of hydrogen-bond donors (Lipinski definition) is 1. The van der Waals surface area contributed by atoms with E-state index >= 15 is 0 Å². The number of rotatable bonds is 2. The molecule has 1 N–H and O–H groups in total. The van der Waals surface area contributed by atoms with E-state index in [-0.39, 0.29) is 5.82 Å². The fourth-order valence-corrected chi connectivity index (χ4v) is 3.69. The molecule has 1 aromatic heterocycles. The van der Waals surface area contributed by atoms with E-state index in [1.54, 1.807) is 16.8 Å². The molecule has 20 heavy (non-hydrogen) atoms. The second kappa shape index (κ2) is 5.66. The minimum absolute atomic E-state index is 0.215. The minimum Gasteiger partial charge on any atom is -0.317 e. The first-order chi connectivity index (χ1) is 9.68. The molecular formula is C15H17BrFN3. The van der Waals surface area contributed by atoms with Crippen molar-refractivity contribution in [1.29, 1.82) is 0 Å². The summed E-state index contributed by atoms with van der Waals surface area (Å²) in [4.78, 5) is 0. The standard InChI is InChI=1S/C15H17BrFN3/c1-20-15(11-4-2-3-5-12(11)17)13(16)14(19-20)10-6-8-18-9-7-10/h2-5,10,18H,6-9H2,1H3. The van der Waals surface area contributed by atoms with Crippen molar-refractivity contribution in [2.24, 2.45) is 7.05 Å². The summed E-state index contributed by atoms with van der Waals surface area (Å²) in [5.41, 5.74) is 2.46. The third-order valence-electron chi connectivity index (χ3n) is 3.87. The number of nitrogens with one attached hydrogen (secondary N) is 1. The highest BCUT2D eigenvalue weighted by atomic mass is 79.9. The molecule has 2 heterocycles. The average Bonchev–Trinajstić information content (AvgIpc) is 2.76. The molecule has 0 spiro atoms. The molecule has 0 aliphatic carbocycles. The van der Waals surface area contributed by atoms with Gasteiger partial charge in [-0.3, -0.25) is 4.68 Å². The van der Waals surface area contributed by atoms with E-state index in [1.807, 2.05) is 13.1 Å².